The molecule has 4 nitrogen and oxygen atoms in total. The van der Waals surface area contributed by atoms with Gasteiger partial charge in [-0.25, -0.2) is 4.79 Å². The Hall–Kier alpha value is -1.81. The quantitative estimate of drug-likeness (QED) is 0.788. The summed E-state index contributed by atoms with van der Waals surface area (Å²) in [5, 5.41) is 13.1. The second-order valence-corrected chi connectivity index (χ2v) is 5.97. The van der Waals surface area contributed by atoms with Gasteiger partial charge in [-0.15, -0.1) is 6.58 Å². The number of allylic oxidation sites excluding steroid dienone is 1. The second kappa shape index (κ2) is 7.84. The monoisotopic (exact) mass is 291 g/mol. The molecular weight excluding hydrogens is 266 g/mol. The van der Waals surface area contributed by atoms with Crippen LogP contribution in [0.3, 0.4) is 0 Å². The van der Waals surface area contributed by atoms with E-state index < -0.39 is 23.8 Å². The van der Waals surface area contributed by atoms with Crippen molar-refractivity contribution in [1.29, 1.82) is 0 Å². The Bertz CT molecular complexity index is 451. The number of ether oxygens (including phenoxy) is 1. The van der Waals surface area contributed by atoms with Crippen molar-refractivity contribution in [2.24, 2.45) is 0 Å². The molecule has 0 spiro atoms. The smallest absolute Gasteiger partial charge is 0.408 e. The van der Waals surface area contributed by atoms with Gasteiger partial charge in [0, 0.05) is 0 Å². The number of hydrogen-bond acceptors (Lipinski definition) is 3. The van der Waals surface area contributed by atoms with Gasteiger partial charge in [-0.1, -0.05) is 36.4 Å². The number of carbonyl (C=O) groups excluding carboxylic acids is 1. The van der Waals surface area contributed by atoms with Crippen molar-refractivity contribution >= 4 is 6.09 Å². The van der Waals surface area contributed by atoms with Crippen LogP contribution in [0.25, 0.3) is 0 Å². The molecule has 0 aliphatic carbocycles. The zero-order valence-electron chi connectivity index (χ0n) is 13.0. The number of hydrogen-bond donors (Lipinski definition) is 2. The van der Waals surface area contributed by atoms with E-state index in [-0.39, 0.29) is 0 Å². The minimum Gasteiger partial charge on any atom is -0.444 e. The van der Waals surface area contributed by atoms with Gasteiger partial charge >= 0.3 is 6.09 Å². The topological polar surface area (TPSA) is 58.6 Å². The molecule has 1 rings (SSSR count). The molecule has 1 amide bonds. The number of rotatable bonds is 6. The average Bonchev–Trinajstić information content (AvgIpc) is 2.41. The lowest BCUT2D eigenvalue weighted by atomic mass is 9.98. The Morgan fingerprint density at radius 3 is 2.52 bits per heavy atom. The predicted octanol–water partition coefficient (Wildman–Crippen LogP) is 3.58. The van der Waals surface area contributed by atoms with Gasteiger partial charge in [0.05, 0.1) is 12.1 Å². The number of aliphatic hydroxyl groups is 1. The first-order chi connectivity index (χ1) is 9.83. The van der Waals surface area contributed by atoms with Gasteiger partial charge in [0.1, 0.15) is 5.60 Å². The van der Waals surface area contributed by atoms with E-state index in [1.54, 1.807) is 26.8 Å². The summed E-state index contributed by atoms with van der Waals surface area (Å²) in [6.45, 7) is 9.06. The maximum atomic E-state index is 12.0. The van der Waals surface area contributed by atoms with E-state index in [0.29, 0.717) is 12.8 Å². The molecular formula is C17H25NO3. The van der Waals surface area contributed by atoms with Crippen LogP contribution in [0.2, 0.25) is 0 Å². The number of aliphatic hydroxyl groups excluding tert-OH is 1. The minimum atomic E-state index is -0.696. The molecule has 0 heterocycles. The SMILES string of the molecule is C=CCC[C@@H](O)[C@H](NC(=O)OC(C)(C)C)c1ccccc1. The molecule has 0 aromatic heterocycles. The van der Waals surface area contributed by atoms with Gasteiger partial charge in [-0.05, 0) is 39.2 Å². The molecule has 1 aromatic rings. The number of benzene rings is 1. The van der Waals surface area contributed by atoms with Crippen molar-refractivity contribution in [3.05, 3.63) is 48.6 Å². The van der Waals surface area contributed by atoms with Crippen LogP contribution in [0, 0.1) is 0 Å². The summed E-state index contributed by atoms with van der Waals surface area (Å²) < 4.78 is 5.26. The summed E-state index contributed by atoms with van der Waals surface area (Å²) >= 11 is 0. The number of amides is 1. The minimum absolute atomic E-state index is 0.499. The molecule has 21 heavy (non-hydrogen) atoms. The Labute approximate surface area is 126 Å². The molecule has 4 heteroatoms. The molecule has 0 fully saturated rings. The average molecular weight is 291 g/mol. The molecule has 0 saturated carbocycles. The van der Waals surface area contributed by atoms with E-state index in [1.165, 1.54) is 0 Å². The van der Waals surface area contributed by atoms with Crippen molar-refractivity contribution < 1.29 is 14.6 Å². The van der Waals surface area contributed by atoms with Crippen molar-refractivity contribution in [3.63, 3.8) is 0 Å². The highest BCUT2D eigenvalue weighted by molar-refractivity contribution is 5.68. The fraction of sp³-hybridized carbons (Fsp3) is 0.471. The zero-order valence-corrected chi connectivity index (χ0v) is 13.0. The van der Waals surface area contributed by atoms with Crippen LogP contribution in [0.4, 0.5) is 4.79 Å². The van der Waals surface area contributed by atoms with Gasteiger partial charge in [0.15, 0.2) is 0 Å². The lowest BCUT2D eigenvalue weighted by molar-refractivity contribution is 0.0412. The zero-order chi connectivity index (χ0) is 15.9. The van der Waals surface area contributed by atoms with E-state index in [4.69, 9.17) is 4.74 Å². The number of nitrogens with one attached hydrogen (secondary N) is 1. The van der Waals surface area contributed by atoms with Crippen LogP contribution in [0.1, 0.15) is 45.2 Å². The van der Waals surface area contributed by atoms with Gasteiger partial charge < -0.3 is 15.2 Å². The normalized spacial score (nSPS) is 14.1. The summed E-state index contributed by atoms with van der Waals surface area (Å²) in [7, 11) is 0. The second-order valence-electron chi connectivity index (χ2n) is 5.97. The van der Waals surface area contributed by atoms with Gasteiger partial charge in [0.25, 0.3) is 0 Å². The Kier molecular flexibility index (Phi) is 6.43. The van der Waals surface area contributed by atoms with E-state index in [1.807, 2.05) is 30.3 Å². The van der Waals surface area contributed by atoms with Crippen LogP contribution in [0.15, 0.2) is 43.0 Å². The van der Waals surface area contributed by atoms with Crippen molar-refractivity contribution in [2.75, 3.05) is 0 Å². The molecule has 0 aliphatic heterocycles. The first-order valence-corrected chi connectivity index (χ1v) is 7.17. The summed E-state index contributed by atoms with van der Waals surface area (Å²) in [6, 6.07) is 8.89. The van der Waals surface area contributed by atoms with Crippen LogP contribution in [-0.2, 0) is 4.74 Å². The third kappa shape index (κ3) is 6.45. The third-order valence-corrected chi connectivity index (χ3v) is 2.88. The number of alkyl carbamates (subject to hydrolysis) is 1. The Balaban J connectivity index is 2.82. The fourth-order valence-electron chi connectivity index (χ4n) is 1.95. The molecule has 0 unspecified atom stereocenters. The lowest BCUT2D eigenvalue weighted by Crippen LogP contribution is -2.39. The molecule has 116 valence electrons. The summed E-state index contributed by atoms with van der Waals surface area (Å²) in [5.41, 5.74) is 0.275. The standard InChI is InChI=1S/C17H25NO3/c1-5-6-12-14(19)15(13-10-8-7-9-11-13)18-16(20)21-17(2,3)4/h5,7-11,14-15,19H,1,6,12H2,2-4H3,(H,18,20)/t14-,15-/m1/s1. The Morgan fingerprint density at radius 2 is 2.00 bits per heavy atom. The highest BCUT2D eigenvalue weighted by Gasteiger charge is 2.25. The van der Waals surface area contributed by atoms with E-state index >= 15 is 0 Å². The van der Waals surface area contributed by atoms with Crippen LogP contribution < -0.4 is 5.32 Å². The predicted molar refractivity (Wildman–Crippen MR) is 84.0 cm³/mol. The number of carbonyl (C=O) groups is 1. The molecule has 0 radical (unpaired) electrons. The van der Waals surface area contributed by atoms with Crippen LogP contribution >= 0.6 is 0 Å². The summed E-state index contributed by atoms with van der Waals surface area (Å²) in [4.78, 5) is 12.0. The first-order valence-electron chi connectivity index (χ1n) is 7.17. The summed E-state index contributed by atoms with van der Waals surface area (Å²) in [6.07, 6.45) is 1.73. The maximum Gasteiger partial charge on any atom is 0.408 e. The largest absolute Gasteiger partial charge is 0.444 e. The molecule has 0 aliphatic rings. The van der Waals surface area contributed by atoms with Gasteiger partial charge in [0.2, 0.25) is 0 Å². The summed E-state index contributed by atoms with van der Waals surface area (Å²) in [5.74, 6) is 0. The third-order valence-electron chi connectivity index (χ3n) is 2.88. The molecule has 2 N–H and O–H groups in total. The molecule has 2 atom stereocenters. The van der Waals surface area contributed by atoms with E-state index in [0.717, 1.165) is 5.56 Å². The van der Waals surface area contributed by atoms with Crippen molar-refractivity contribution in [3.8, 4) is 0 Å². The van der Waals surface area contributed by atoms with Crippen molar-refractivity contribution in [1.82, 2.24) is 5.32 Å². The van der Waals surface area contributed by atoms with Crippen LogP contribution in [0.5, 0.6) is 0 Å². The van der Waals surface area contributed by atoms with Crippen LogP contribution in [-0.4, -0.2) is 22.9 Å². The molecule has 1 aromatic carbocycles. The molecule has 0 saturated heterocycles. The highest BCUT2D eigenvalue weighted by Crippen LogP contribution is 2.21. The first kappa shape index (κ1) is 17.2. The van der Waals surface area contributed by atoms with Crippen molar-refractivity contribution in [2.45, 2.75) is 51.4 Å². The Morgan fingerprint density at radius 1 is 1.38 bits per heavy atom. The molecule has 0 bridgehead atoms. The van der Waals surface area contributed by atoms with Gasteiger partial charge in [-0.2, -0.15) is 0 Å². The van der Waals surface area contributed by atoms with Gasteiger partial charge in [-0.3, -0.25) is 0 Å². The maximum absolute atomic E-state index is 12.0. The highest BCUT2D eigenvalue weighted by atomic mass is 16.6. The van der Waals surface area contributed by atoms with E-state index in [9.17, 15) is 9.90 Å². The fourth-order valence-corrected chi connectivity index (χ4v) is 1.95. The van der Waals surface area contributed by atoms with E-state index in [2.05, 4.69) is 11.9 Å². The lowest BCUT2D eigenvalue weighted by Gasteiger charge is -2.27.